The van der Waals surface area contributed by atoms with Gasteiger partial charge in [0.1, 0.15) is 17.3 Å². The van der Waals surface area contributed by atoms with Crippen LogP contribution in [0.15, 0.2) is 72.2 Å². The molecule has 0 aliphatic rings. The van der Waals surface area contributed by atoms with Gasteiger partial charge in [0.05, 0.1) is 19.0 Å². The number of hydrogen-bond donors (Lipinski definition) is 3. The van der Waals surface area contributed by atoms with Crippen molar-refractivity contribution in [1.29, 1.82) is 0 Å². The minimum atomic E-state index is -0.299. The standard InChI is InChI=1S/C28H26N10O2/c1-17-10-23(36-25-16-32-24(37-25)15-29-2)38-27(35-17)20-5-8-22(31-14-20)28(39)34-12-18-4-7-21(30-11-18)19-6-9-26(40-3)33-13-19/h4-11,13-16H,12H2,1-3H3,(H,32,37)(H,34,39)(H,35,36,38)/b29-15-. The molecule has 12 heteroatoms. The van der Waals surface area contributed by atoms with E-state index in [2.05, 4.69) is 50.5 Å². The van der Waals surface area contributed by atoms with Crippen molar-refractivity contribution in [2.45, 2.75) is 13.5 Å². The topological polar surface area (TPSA) is 156 Å². The third kappa shape index (κ3) is 6.30. The van der Waals surface area contributed by atoms with Crippen molar-refractivity contribution in [3.63, 3.8) is 0 Å². The van der Waals surface area contributed by atoms with Crippen molar-refractivity contribution in [1.82, 2.24) is 40.2 Å². The minimum Gasteiger partial charge on any atom is -0.481 e. The largest absolute Gasteiger partial charge is 0.481 e. The summed E-state index contributed by atoms with van der Waals surface area (Å²) in [6, 6.07) is 12.7. The van der Waals surface area contributed by atoms with Gasteiger partial charge in [0, 0.05) is 67.3 Å². The van der Waals surface area contributed by atoms with E-state index in [-0.39, 0.29) is 11.6 Å². The zero-order valence-electron chi connectivity index (χ0n) is 22.1. The molecule has 1 amide bonds. The fourth-order valence-corrected chi connectivity index (χ4v) is 3.77. The summed E-state index contributed by atoms with van der Waals surface area (Å²) >= 11 is 0. The summed E-state index contributed by atoms with van der Waals surface area (Å²) in [5.74, 6) is 2.54. The number of H-pyrrole nitrogens is 1. The summed E-state index contributed by atoms with van der Waals surface area (Å²) < 4.78 is 5.09. The molecule has 0 bridgehead atoms. The van der Waals surface area contributed by atoms with Crippen LogP contribution in [0.5, 0.6) is 5.88 Å². The summed E-state index contributed by atoms with van der Waals surface area (Å²) in [5, 5.41) is 6.03. The van der Waals surface area contributed by atoms with E-state index in [1.165, 1.54) is 0 Å². The van der Waals surface area contributed by atoms with Gasteiger partial charge in [0.15, 0.2) is 11.6 Å². The van der Waals surface area contributed by atoms with Crippen LogP contribution in [-0.2, 0) is 6.54 Å². The number of nitrogens with zero attached hydrogens (tertiary/aromatic N) is 7. The van der Waals surface area contributed by atoms with E-state index in [0.717, 1.165) is 22.5 Å². The van der Waals surface area contributed by atoms with Crippen molar-refractivity contribution in [3.8, 4) is 28.5 Å². The maximum Gasteiger partial charge on any atom is 0.270 e. The number of aryl methyl sites for hydroxylation is 1. The predicted molar refractivity (Wildman–Crippen MR) is 151 cm³/mol. The van der Waals surface area contributed by atoms with E-state index in [9.17, 15) is 4.79 Å². The molecule has 0 unspecified atom stereocenters. The van der Waals surface area contributed by atoms with Gasteiger partial charge in [0.2, 0.25) is 5.88 Å². The minimum absolute atomic E-state index is 0.283. The molecule has 12 nitrogen and oxygen atoms in total. The number of carbonyl (C=O) groups is 1. The van der Waals surface area contributed by atoms with E-state index in [1.54, 1.807) is 63.4 Å². The highest BCUT2D eigenvalue weighted by Gasteiger charge is 2.11. The third-order valence-electron chi connectivity index (χ3n) is 5.73. The number of carbonyl (C=O) groups excluding carboxylic acids is 1. The van der Waals surface area contributed by atoms with Gasteiger partial charge < -0.3 is 20.4 Å². The van der Waals surface area contributed by atoms with Crippen LogP contribution in [0.25, 0.3) is 22.6 Å². The Labute approximate surface area is 230 Å². The first-order valence-corrected chi connectivity index (χ1v) is 12.3. The van der Waals surface area contributed by atoms with Gasteiger partial charge in [-0.2, -0.15) is 0 Å². The smallest absolute Gasteiger partial charge is 0.270 e. The molecule has 0 aliphatic carbocycles. The van der Waals surface area contributed by atoms with Gasteiger partial charge >= 0.3 is 0 Å². The zero-order valence-corrected chi connectivity index (χ0v) is 22.1. The van der Waals surface area contributed by atoms with Crippen molar-refractivity contribution in [3.05, 3.63) is 90.0 Å². The van der Waals surface area contributed by atoms with Crippen LogP contribution in [-0.4, -0.2) is 61.2 Å². The second-order valence-electron chi connectivity index (χ2n) is 8.66. The molecular formula is C28H26N10O2. The van der Waals surface area contributed by atoms with Crippen LogP contribution >= 0.6 is 0 Å². The van der Waals surface area contributed by atoms with Crippen LogP contribution in [0.4, 0.5) is 11.6 Å². The molecular weight excluding hydrogens is 508 g/mol. The molecule has 40 heavy (non-hydrogen) atoms. The number of anilines is 2. The number of aliphatic imine (C=N–C) groups is 1. The molecule has 0 atom stereocenters. The SMILES string of the molecule is C/N=C\c1nc(Nc2cc(C)nc(-c3ccc(C(=O)NCc4ccc(-c5ccc(OC)nc5)nc4)nc3)n2)c[nH]1. The zero-order chi connectivity index (χ0) is 27.9. The van der Waals surface area contributed by atoms with Crippen LogP contribution in [0.1, 0.15) is 27.6 Å². The number of ether oxygens (including phenoxy) is 1. The number of aromatic amines is 1. The summed E-state index contributed by atoms with van der Waals surface area (Å²) in [7, 11) is 3.25. The molecule has 0 spiro atoms. The Balaban J connectivity index is 1.21. The van der Waals surface area contributed by atoms with E-state index >= 15 is 0 Å². The Hall–Kier alpha value is -5.52. The molecule has 200 valence electrons. The van der Waals surface area contributed by atoms with Gasteiger partial charge in [-0.3, -0.25) is 19.8 Å². The molecule has 0 fully saturated rings. The lowest BCUT2D eigenvalue weighted by Gasteiger charge is -2.08. The maximum atomic E-state index is 12.7. The number of imidazole rings is 1. The first-order valence-electron chi connectivity index (χ1n) is 12.3. The third-order valence-corrected chi connectivity index (χ3v) is 5.73. The lowest BCUT2D eigenvalue weighted by atomic mass is 10.1. The van der Waals surface area contributed by atoms with Gasteiger partial charge in [-0.1, -0.05) is 6.07 Å². The summed E-state index contributed by atoms with van der Waals surface area (Å²) in [5.41, 5.74) is 4.23. The Bertz CT molecular complexity index is 1630. The fraction of sp³-hybridized carbons (Fsp3) is 0.143. The van der Waals surface area contributed by atoms with E-state index in [0.29, 0.717) is 41.3 Å². The number of methoxy groups -OCH3 is 1. The number of amides is 1. The molecule has 5 heterocycles. The molecule has 5 aromatic rings. The van der Waals surface area contributed by atoms with Crippen LogP contribution in [0.2, 0.25) is 0 Å². The molecule has 5 aromatic heterocycles. The van der Waals surface area contributed by atoms with E-state index in [4.69, 9.17) is 4.74 Å². The highest BCUT2D eigenvalue weighted by atomic mass is 16.5. The lowest BCUT2D eigenvalue weighted by molar-refractivity contribution is 0.0946. The monoisotopic (exact) mass is 534 g/mol. The Kier molecular flexibility index (Phi) is 7.77. The summed E-state index contributed by atoms with van der Waals surface area (Å²) in [4.78, 5) is 46.1. The van der Waals surface area contributed by atoms with Crippen LogP contribution in [0, 0.1) is 6.92 Å². The quantitative estimate of drug-likeness (QED) is 0.240. The van der Waals surface area contributed by atoms with Gasteiger partial charge in [0.25, 0.3) is 5.91 Å². The number of hydrogen-bond acceptors (Lipinski definition) is 10. The van der Waals surface area contributed by atoms with Crippen LogP contribution in [0.3, 0.4) is 0 Å². The van der Waals surface area contributed by atoms with Crippen LogP contribution < -0.4 is 15.4 Å². The number of rotatable bonds is 9. The summed E-state index contributed by atoms with van der Waals surface area (Å²) in [6.07, 6.45) is 8.36. The van der Waals surface area contributed by atoms with E-state index in [1.807, 2.05) is 31.2 Å². The van der Waals surface area contributed by atoms with Gasteiger partial charge in [-0.05, 0) is 36.8 Å². The Morgan fingerprint density at radius 1 is 0.975 bits per heavy atom. The highest BCUT2D eigenvalue weighted by Crippen LogP contribution is 2.20. The van der Waals surface area contributed by atoms with Crippen molar-refractivity contribution in [2.24, 2.45) is 4.99 Å². The second-order valence-corrected chi connectivity index (χ2v) is 8.66. The normalized spacial score (nSPS) is 11.0. The van der Waals surface area contributed by atoms with Gasteiger partial charge in [-0.25, -0.2) is 19.9 Å². The molecule has 5 rings (SSSR count). The molecule has 0 aromatic carbocycles. The first kappa shape index (κ1) is 26.1. The summed E-state index contributed by atoms with van der Waals surface area (Å²) in [6.45, 7) is 2.19. The molecule has 0 aliphatic heterocycles. The maximum absolute atomic E-state index is 12.7. The Morgan fingerprint density at radius 3 is 2.52 bits per heavy atom. The van der Waals surface area contributed by atoms with E-state index < -0.39 is 0 Å². The van der Waals surface area contributed by atoms with Gasteiger partial charge in [-0.15, -0.1) is 0 Å². The Morgan fingerprint density at radius 2 is 1.82 bits per heavy atom. The predicted octanol–water partition coefficient (Wildman–Crippen LogP) is 3.76. The number of pyridine rings is 3. The lowest BCUT2D eigenvalue weighted by Crippen LogP contribution is -2.23. The average molecular weight is 535 g/mol. The fourth-order valence-electron chi connectivity index (χ4n) is 3.77. The molecule has 0 saturated heterocycles. The molecule has 0 radical (unpaired) electrons. The highest BCUT2D eigenvalue weighted by molar-refractivity contribution is 5.92. The average Bonchev–Trinajstić information content (AvgIpc) is 3.42. The molecule has 0 saturated carbocycles. The number of nitrogens with one attached hydrogen (secondary N) is 3. The molecule has 3 N–H and O–H groups in total. The van der Waals surface area contributed by atoms with Crippen molar-refractivity contribution < 1.29 is 9.53 Å². The first-order chi connectivity index (χ1) is 19.5. The second kappa shape index (κ2) is 11.9. The van der Waals surface area contributed by atoms with Crippen molar-refractivity contribution in [2.75, 3.05) is 19.5 Å². The number of aromatic nitrogens is 7. The van der Waals surface area contributed by atoms with Crippen molar-refractivity contribution >= 4 is 23.8 Å².